The number of hydrogen-bond donors (Lipinski definition) is 1. The zero-order chi connectivity index (χ0) is 13.3. The second-order valence-corrected chi connectivity index (χ2v) is 6.50. The summed E-state index contributed by atoms with van der Waals surface area (Å²) in [5, 5.41) is 1.12. The van der Waals surface area contributed by atoms with Crippen molar-refractivity contribution >= 4 is 11.3 Å². The molecule has 3 heteroatoms. The maximum absolute atomic E-state index is 6.45. The Hall–Kier alpha value is -1.19. The van der Waals surface area contributed by atoms with Crippen LogP contribution in [0.1, 0.15) is 33.6 Å². The normalized spacial score (nSPS) is 14.5. The molecule has 96 valence electrons. The fraction of sp³-hybridized carbons (Fsp3) is 0.400. The van der Waals surface area contributed by atoms with Gasteiger partial charge < -0.3 is 5.73 Å². The second-order valence-electron chi connectivity index (χ2n) is 5.21. The average Bonchev–Trinajstić information content (AvgIpc) is 2.57. The molecule has 0 amide bonds. The Kier molecular flexibility index (Phi) is 3.55. The lowest BCUT2D eigenvalue weighted by Crippen LogP contribution is -2.35. The van der Waals surface area contributed by atoms with Gasteiger partial charge in [-0.2, -0.15) is 0 Å². The van der Waals surface area contributed by atoms with Gasteiger partial charge in [-0.3, -0.25) is 0 Å². The van der Waals surface area contributed by atoms with Crippen molar-refractivity contribution in [2.45, 2.75) is 39.7 Å². The first-order chi connectivity index (χ1) is 8.38. The molecular formula is C15H20N2S. The lowest BCUT2D eigenvalue weighted by molar-refractivity contribution is 0.490. The van der Waals surface area contributed by atoms with Gasteiger partial charge in [0.05, 0.1) is 10.7 Å². The Morgan fingerprint density at radius 3 is 2.28 bits per heavy atom. The van der Waals surface area contributed by atoms with Crippen LogP contribution in [0.2, 0.25) is 0 Å². The van der Waals surface area contributed by atoms with E-state index in [-0.39, 0.29) is 5.54 Å². The number of aryl methyl sites for hydroxylation is 3. The summed E-state index contributed by atoms with van der Waals surface area (Å²) in [5.74, 6) is 0. The molecule has 0 radical (unpaired) electrons. The van der Waals surface area contributed by atoms with Gasteiger partial charge in [0, 0.05) is 16.8 Å². The SMILES string of the molecule is Cc1ccc(C(C)(N)Cc2nc(C)c(C)s2)cc1. The molecule has 1 unspecified atom stereocenters. The van der Waals surface area contributed by atoms with E-state index in [2.05, 4.69) is 56.9 Å². The lowest BCUT2D eigenvalue weighted by atomic mass is 9.89. The molecule has 0 aliphatic heterocycles. The molecule has 0 aliphatic rings. The van der Waals surface area contributed by atoms with Gasteiger partial charge in [-0.1, -0.05) is 29.8 Å². The Labute approximate surface area is 113 Å². The summed E-state index contributed by atoms with van der Waals surface area (Å²) in [6.45, 7) is 8.32. The molecule has 1 aromatic carbocycles. The van der Waals surface area contributed by atoms with Crippen LogP contribution < -0.4 is 5.73 Å². The fourth-order valence-corrected chi connectivity index (χ4v) is 3.07. The predicted molar refractivity (Wildman–Crippen MR) is 78.0 cm³/mol. The molecule has 1 aromatic heterocycles. The summed E-state index contributed by atoms with van der Waals surface area (Å²) in [6, 6.07) is 8.45. The molecule has 2 nitrogen and oxygen atoms in total. The molecule has 1 heterocycles. The van der Waals surface area contributed by atoms with Gasteiger partial charge in [-0.25, -0.2) is 4.98 Å². The van der Waals surface area contributed by atoms with Crippen molar-refractivity contribution in [1.82, 2.24) is 4.98 Å². The molecular weight excluding hydrogens is 240 g/mol. The Bertz CT molecular complexity index is 519. The van der Waals surface area contributed by atoms with Crippen LogP contribution in [0.5, 0.6) is 0 Å². The minimum absolute atomic E-state index is 0.357. The first-order valence-electron chi connectivity index (χ1n) is 6.17. The van der Waals surface area contributed by atoms with Gasteiger partial charge in [-0.05, 0) is 33.3 Å². The van der Waals surface area contributed by atoms with Gasteiger partial charge in [0.25, 0.3) is 0 Å². The van der Waals surface area contributed by atoms with Gasteiger partial charge in [-0.15, -0.1) is 11.3 Å². The van der Waals surface area contributed by atoms with Crippen LogP contribution in [0.4, 0.5) is 0 Å². The highest BCUT2D eigenvalue weighted by molar-refractivity contribution is 7.11. The van der Waals surface area contributed by atoms with E-state index in [0.717, 1.165) is 17.1 Å². The van der Waals surface area contributed by atoms with E-state index in [4.69, 9.17) is 5.73 Å². The fourth-order valence-electron chi connectivity index (χ4n) is 1.97. The van der Waals surface area contributed by atoms with E-state index in [9.17, 15) is 0 Å². The predicted octanol–water partition coefficient (Wildman–Crippen LogP) is 3.48. The molecule has 0 aliphatic carbocycles. The summed E-state index contributed by atoms with van der Waals surface area (Å²) in [5.41, 5.74) is 9.63. The van der Waals surface area contributed by atoms with E-state index in [1.807, 2.05) is 0 Å². The molecule has 0 saturated heterocycles. The third-order valence-electron chi connectivity index (χ3n) is 3.30. The standard InChI is InChI=1S/C15H20N2S/c1-10-5-7-13(8-6-10)15(4,16)9-14-17-11(2)12(3)18-14/h5-8H,9,16H2,1-4H3. The van der Waals surface area contributed by atoms with Crippen LogP contribution in [0.3, 0.4) is 0 Å². The van der Waals surface area contributed by atoms with Gasteiger partial charge >= 0.3 is 0 Å². The molecule has 2 aromatic rings. The second kappa shape index (κ2) is 4.82. The van der Waals surface area contributed by atoms with Crippen molar-refractivity contribution in [2.75, 3.05) is 0 Å². The van der Waals surface area contributed by atoms with Gasteiger partial charge in [0.2, 0.25) is 0 Å². The highest BCUT2D eigenvalue weighted by Crippen LogP contribution is 2.26. The third kappa shape index (κ3) is 2.79. The molecule has 1 atom stereocenters. The smallest absolute Gasteiger partial charge is 0.0952 e. The minimum Gasteiger partial charge on any atom is -0.321 e. The number of nitrogens with two attached hydrogens (primary N) is 1. The molecule has 2 rings (SSSR count). The number of thiazole rings is 1. The number of nitrogens with zero attached hydrogens (tertiary/aromatic N) is 1. The average molecular weight is 260 g/mol. The maximum atomic E-state index is 6.45. The van der Waals surface area contributed by atoms with Crippen LogP contribution in [-0.2, 0) is 12.0 Å². The molecule has 0 fully saturated rings. The molecule has 2 N–H and O–H groups in total. The number of benzene rings is 1. The summed E-state index contributed by atoms with van der Waals surface area (Å²) < 4.78 is 0. The molecule has 0 bridgehead atoms. The van der Waals surface area contributed by atoms with E-state index in [1.54, 1.807) is 11.3 Å². The van der Waals surface area contributed by atoms with E-state index < -0.39 is 0 Å². The summed E-state index contributed by atoms with van der Waals surface area (Å²) in [6.07, 6.45) is 0.787. The molecule has 0 saturated carbocycles. The van der Waals surface area contributed by atoms with Crippen LogP contribution in [0.25, 0.3) is 0 Å². The lowest BCUT2D eigenvalue weighted by Gasteiger charge is -2.24. The van der Waals surface area contributed by atoms with Crippen LogP contribution >= 0.6 is 11.3 Å². The van der Waals surface area contributed by atoms with Crippen molar-refractivity contribution in [1.29, 1.82) is 0 Å². The number of rotatable bonds is 3. The third-order valence-corrected chi connectivity index (χ3v) is 4.38. The van der Waals surface area contributed by atoms with Gasteiger partial charge in [0.1, 0.15) is 0 Å². The van der Waals surface area contributed by atoms with Crippen molar-refractivity contribution in [3.63, 3.8) is 0 Å². The largest absolute Gasteiger partial charge is 0.321 e. The highest BCUT2D eigenvalue weighted by atomic mass is 32.1. The van der Waals surface area contributed by atoms with Crippen molar-refractivity contribution < 1.29 is 0 Å². The minimum atomic E-state index is -0.357. The summed E-state index contributed by atoms with van der Waals surface area (Å²) in [4.78, 5) is 5.86. The topological polar surface area (TPSA) is 38.9 Å². The zero-order valence-electron chi connectivity index (χ0n) is 11.4. The number of hydrogen-bond acceptors (Lipinski definition) is 3. The first-order valence-corrected chi connectivity index (χ1v) is 6.99. The quantitative estimate of drug-likeness (QED) is 0.917. The van der Waals surface area contributed by atoms with E-state index >= 15 is 0 Å². The summed E-state index contributed by atoms with van der Waals surface area (Å²) >= 11 is 1.75. The van der Waals surface area contributed by atoms with Crippen molar-refractivity contribution in [3.05, 3.63) is 51.0 Å². The Balaban J connectivity index is 2.23. The van der Waals surface area contributed by atoms with E-state index in [0.29, 0.717) is 0 Å². The molecule has 18 heavy (non-hydrogen) atoms. The summed E-state index contributed by atoms with van der Waals surface area (Å²) in [7, 11) is 0. The van der Waals surface area contributed by atoms with Crippen LogP contribution in [-0.4, -0.2) is 4.98 Å². The van der Waals surface area contributed by atoms with E-state index in [1.165, 1.54) is 16.0 Å². The van der Waals surface area contributed by atoms with Gasteiger partial charge in [0.15, 0.2) is 0 Å². The van der Waals surface area contributed by atoms with Crippen LogP contribution in [0, 0.1) is 20.8 Å². The maximum Gasteiger partial charge on any atom is 0.0952 e. The number of aromatic nitrogens is 1. The Morgan fingerprint density at radius 2 is 1.78 bits per heavy atom. The van der Waals surface area contributed by atoms with Crippen molar-refractivity contribution in [2.24, 2.45) is 5.73 Å². The highest BCUT2D eigenvalue weighted by Gasteiger charge is 2.23. The molecule has 0 spiro atoms. The Morgan fingerprint density at radius 1 is 1.17 bits per heavy atom. The first kappa shape index (κ1) is 13.2. The monoisotopic (exact) mass is 260 g/mol. The van der Waals surface area contributed by atoms with Crippen LogP contribution in [0.15, 0.2) is 24.3 Å². The van der Waals surface area contributed by atoms with Crippen molar-refractivity contribution in [3.8, 4) is 0 Å². The zero-order valence-corrected chi connectivity index (χ0v) is 12.3.